The van der Waals surface area contributed by atoms with Gasteiger partial charge in [-0.05, 0) is 54.5 Å². The second-order valence-corrected chi connectivity index (χ2v) is 6.66. The van der Waals surface area contributed by atoms with E-state index in [1.807, 2.05) is 31.3 Å². The first-order valence-electron chi connectivity index (χ1n) is 8.11. The van der Waals surface area contributed by atoms with Crippen LogP contribution in [0.1, 0.15) is 41.0 Å². The number of nitrogens with one attached hydrogen (secondary N) is 1. The zero-order chi connectivity index (χ0) is 17.1. The summed E-state index contributed by atoms with van der Waals surface area (Å²) >= 11 is 6.11. The number of carbonyl (C=O) groups is 1. The van der Waals surface area contributed by atoms with E-state index in [1.54, 1.807) is 7.11 Å². The van der Waals surface area contributed by atoms with Crippen LogP contribution in [-0.2, 0) is 17.8 Å². The number of carbonyl (C=O) groups excluding carboxylic acids is 1. The average molecular weight is 345 g/mol. The summed E-state index contributed by atoms with van der Waals surface area (Å²) in [4.78, 5) is 16.5. The molecule has 1 aliphatic rings. The lowest BCUT2D eigenvalue weighted by atomic mass is 10.1. The number of benzene rings is 1. The summed E-state index contributed by atoms with van der Waals surface area (Å²) in [6.45, 7) is 2.35. The predicted molar refractivity (Wildman–Crippen MR) is 94.5 cm³/mol. The molecule has 5 heteroatoms. The Labute approximate surface area is 147 Å². The molecule has 1 aromatic heterocycles. The molecule has 1 amide bonds. The van der Waals surface area contributed by atoms with Gasteiger partial charge in [-0.15, -0.1) is 0 Å². The Hall–Kier alpha value is -2.07. The lowest BCUT2D eigenvalue weighted by molar-refractivity contribution is -0.120. The molecule has 0 bridgehead atoms. The Morgan fingerprint density at radius 2 is 2.17 bits per heavy atom. The van der Waals surface area contributed by atoms with Crippen LogP contribution < -0.4 is 10.1 Å². The molecule has 2 aromatic rings. The molecule has 1 heterocycles. The zero-order valence-corrected chi connectivity index (χ0v) is 14.7. The highest BCUT2D eigenvalue weighted by Crippen LogP contribution is 2.40. The van der Waals surface area contributed by atoms with E-state index < -0.39 is 0 Å². The number of aryl methyl sites for hydroxylation is 1. The fraction of sp³-hybridized carbons (Fsp3) is 0.368. The number of methoxy groups -OCH3 is 1. The summed E-state index contributed by atoms with van der Waals surface area (Å²) in [7, 11) is 1.60. The van der Waals surface area contributed by atoms with Crippen LogP contribution in [-0.4, -0.2) is 18.0 Å². The molecule has 4 nitrogen and oxygen atoms in total. The van der Waals surface area contributed by atoms with Gasteiger partial charge in [-0.2, -0.15) is 0 Å². The zero-order valence-electron chi connectivity index (χ0n) is 13.9. The van der Waals surface area contributed by atoms with Crippen molar-refractivity contribution < 1.29 is 9.53 Å². The molecule has 0 atom stereocenters. The largest absolute Gasteiger partial charge is 0.481 e. The molecule has 0 spiro atoms. The Bertz CT molecular complexity index is 757. The van der Waals surface area contributed by atoms with Crippen molar-refractivity contribution in [2.24, 2.45) is 0 Å². The van der Waals surface area contributed by atoms with Crippen molar-refractivity contribution in [3.05, 3.63) is 57.7 Å². The lowest BCUT2D eigenvalue weighted by Crippen LogP contribution is -2.25. The van der Waals surface area contributed by atoms with Gasteiger partial charge in [-0.25, -0.2) is 4.98 Å². The molecule has 3 rings (SSSR count). The van der Waals surface area contributed by atoms with Crippen molar-refractivity contribution in [3.63, 3.8) is 0 Å². The van der Waals surface area contributed by atoms with E-state index in [9.17, 15) is 4.79 Å². The number of hydrogen-bond acceptors (Lipinski definition) is 3. The SMILES string of the molecule is COc1ncc(C2CC2)cc1CNC(=O)Cc1ccc(C)c(Cl)c1. The second-order valence-electron chi connectivity index (χ2n) is 6.25. The molecular formula is C19H21ClN2O2. The van der Waals surface area contributed by atoms with Crippen LogP contribution in [0.25, 0.3) is 0 Å². The van der Waals surface area contributed by atoms with Crippen LogP contribution in [0.15, 0.2) is 30.5 Å². The molecular weight excluding hydrogens is 324 g/mol. The van der Waals surface area contributed by atoms with Gasteiger partial charge in [0.15, 0.2) is 0 Å². The molecule has 24 heavy (non-hydrogen) atoms. The summed E-state index contributed by atoms with van der Waals surface area (Å²) in [5.41, 5.74) is 4.05. The van der Waals surface area contributed by atoms with E-state index in [2.05, 4.69) is 16.4 Å². The van der Waals surface area contributed by atoms with Crippen LogP contribution in [0.2, 0.25) is 5.02 Å². The van der Waals surface area contributed by atoms with Gasteiger partial charge in [0.25, 0.3) is 0 Å². The minimum absolute atomic E-state index is 0.0474. The summed E-state index contributed by atoms with van der Waals surface area (Å²) in [5.74, 6) is 1.14. The van der Waals surface area contributed by atoms with Crippen LogP contribution in [0.4, 0.5) is 0 Å². The van der Waals surface area contributed by atoms with Gasteiger partial charge in [0.1, 0.15) is 0 Å². The summed E-state index contributed by atoms with van der Waals surface area (Å²) < 4.78 is 5.30. The molecule has 0 aliphatic heterocycles. The van der Waals surface area contributed by atoms with Crippen molar-refractivity contribution in [3.8, 4) is 5.88 Å². The maximum absolute atomic E-state index is 12.2. The number of amides is 1. The van der Waals surface area contributed by atoms with Crippen LogP contribution in [0.3, 0.4) is 0 Å². The second kappa shape index (κ2) is 7.22. The van der Waals surface area contributed by atoms with E-state index in [0.29, 0.717) is 29.8 Å². The molecule has 0 saturated heterocycles. The molecule has 0 unspecified atom stereocenters. The highest BCUT2D eigenvalue weighted by atomic mass is 35.5. The number of hydrogen-bond donors (Lipinski definition) is 1. The van der Waals surface area contributed by atoms with Gasteiger partial charge in [0.2, 0.25) is 11.8 Å². The molecule has 1 aromatic carbocycles. The average Bonchev–Trinajstić information content (AvgIpc) is 3.41. The molecule has 126 valence electrons. The number of halogens is 1. The van der Waals surface area contributed by atoms with E-state index in [0.717, 1.165) is 16.7 Å². The third-order valence-electron chi connectivity index (χ3n) is 4.27. The Morgan fingerprint density at radius 1 is 1.38 bits per heavy atom. The van der Waals surface area contributed by atoms with E-state index in [-0.39, 0.29) is 5.91 Å². The van der Waals surface area contributed by atoms with Crippen LogP contribution in [0.5, 0.6) is 5.88 Å². The van der Waals surface area contributed by atoms with Gasteiger partial charge in [-0.3, -0.25) is 4.79 Å². The van der Waals surface area contributed by atoms with Crippen molar-refractivity contribution >= 4 is 17.5 Å². The summed E-state index contributed by atoms with van der Waals surface area (Å²) in [6, 6.07) is 7.78. The van der Waals surface area contributed by atoms with Gasteiger partial charge < -0.3 is 10.1 Å². The monoisotopic (exact) mass is 344 g/mol. The maximum Gasteiger partial charge on any atom is 0.224 e. The first-order chi connectivity index (χ1) is 11.6. The molecule has 1 aliphatic carbocycles. The van der Waals surface area contributed by atoms with Crippen LogP contribution in [0, 0.1) is 6.92 Å². The van der Waals surface area contributed by atoms with Gasteiger partial charge >= 0.3 is 0 Å². The fourth-order valence-corrected chi connectivity index (χ4v) is 2.86. The highest BCUT2D eigenvalue weighted by Gasteiger charge is 2.24. The summed E-state index contributed by atoms with van der Waals surface area (Å²) in [5, 5.41) is 3.62. The topological polar surface area (TPSA) is 51.2 Å². The number of ether oxygens (including phenoxy) is 1. The number of nitrogens with zero attached hydrogens (tertiary/aromatic N) is 1. The third kappa shape index (κ3) is 4.06. The molecule has 1 saturated carbocycles. The van der Waals surface area contributed by atoms with Crippen molar-refractivity contribution in [1.29, 1.82) is 0 Å². The third-order valence-corrected chi connectivity index (χ3v) is 4.67. The fourth-order valence-electron chi connectivity index (χ4n) is 2.65. The number of aromatic nitrogens is 1. The Morgan fingerprint density at radius 3 is 2.83 bits per heavy atom. The first kappa shape index (κ1) is 16.8. The Kier molecular flexibility index (Phi) is 5.05. The van der Waals surface area contributed by atoms with E-state index >= 15 is 0 Å². The quantitative estimate of drug-likeness (QED) is 0.867. The van der Waals surface area contributed by atoms with Crippen molar-refractivity contribution in [2.75, 3.05) is 7.11 Å². The number of rotatable bonds is 6. The van der Waals surface area contributed by atoms with Crippen molar-refractivity contribution in [1.82, 2.24) is 10.3 Å². The normalized spacial score (nSPS) is 13.6. The van der Waals surface area contributed by atoms with E-state index in [4.69, 9.17) is 16.3 Å². The smallest absolute Gasteiger partial charge is 0.224 e. The van der Waals surface area contributed by atoms with Gasteiger partial charge in [-0.1, -0.05) is 23.7 Å². The van der Waals surface area contributed by atoms with Crippen molar-refractivity contribution in [2.45, 2.75) is 38.6 Å². The molecule has 1 N–H and O–H groups in total. The number of pyridine rings is 1. The first-order valence-corrected chi connectivity index (χ1v) is 8.49. The predicted octanol–water partition coefficient (Wildman–Crippen LogP) is 3.79. The lowest BCUT2D eigenvalue weighted by Gasteiger charge is -2.11. The maximum atomic E-state index is 12.2. The standard InChI is InChI=1S/C19H21ClN2O2/c1-12-3-4-13(7-17(12)20)8-18(23)21-11-16-9-15(14-5-6-14)10-22-19(16)24-2/h3-4,7,9-10,14H,5-6,8,11H2,1-2H3,(H,21,23). The van der Waals surface area contributed by atoms with E-state index in [1.165, 1.54) is 18.4 Å². The molecule has 1 fully saturated rings. The highest BCUT2D eigenvalue weighted by molar-refractivity contribution is 6.31. The minimum atomic E-state index is -0.0474. The summed E-state index contributed by atoms with van der Waals surface area (Å²) in [6.07, 6.45) is 4.61. The minimum Gasteiger partial charge on any atom is -0.481 e. The van der Waals surface area contributed by atoms with Gasteiger partial charge in [0.05, 0.1) is 13.5 Å². The van der Waals surface area contributed by atoms with Crippen LogP contribution >= 0.6 is 11.6 Å². The van der Waals surface area contributed by atoms with Gasteiger partial charge in [0, 0.05) is 23.3 Å². The molecule has 0 radical (unpaired) electrons. The Balaban J connectivity index is 1.63.